The first-order chi connectivity index (χ1) is 13.5. The Labute approximate surface area is 163 Å². The molecule has 0 aromatic heterocycles. The molecule has 2 amide bonds. The van der Waals surface area contributed by atoms with E-state index in [0.717, 1.165) is 24.2 Å². The Kier molecular flexibility index (Phi) is 6.39. The number of carbonyl (C=O) groups is 2. The molecule has 0 saturated heterocycles. The van der Waals surface area contributed by atoms with Crippen LogP contribution in [0.25, 0.3) is 0 Å². The largest absolute Gasteiger partial charge is 0.326 e. The number of aryl methyl sites for hydroxylation is 1. The molecule has 1 aliphatic carbocycles. The maximum Gasteiger partial charge on any atom is 0.227 e. The number of nitrogens with one attached hydrogen (secondary N) is 2. The highest BCUT2D eigenvalue weighted by Crippen LogP contribution is 2.31. The van der Waals surface area contributed by atoms with Crippen LogP contribution in [-0.2, 0) is 16.0 Å². The minimum Gasteiger partial charge on any atom is -0.326 e. The molecule has 1 fully saturated rings. The number of halogens is 2. The van der Waals surface area contributed by atoms with Crippen molar-refractivity contribution >= 4 is 23.2 Å². The molecule has 0 bridgehead atoms. The second-order valence-corrected chi connectivity index (χ2v) is 7.17. The van der Waals surface area contributed by atoms with Crippen molar-refractivity contribution < 1.29 is 18.4 Å². The van der Waals surface area contributed by atoms with Crippen LogP contribution in [-0.4, -0.2) is 11.8 Å². The van der Waals surface area contributed by atoms with E-state index in [4.69, 9.17) is 0 Å². The molecule has 3 rings (SSSR count). The van der Waals surface area contributed by atoms with Gasteiger partial charge < -0.3 is 10.6 Å². The van der Waals surface area contributed by atoms with E-state index in [1.165, 1.54) is 11.6 Å². The Bertz CT molecular complexity index is 824. The second-order valence-electron chi connectivity index (χ2n) is 7.17. The number of benzene rings is 2. The van der Waals surface area contributed by atoms with Crippen molar-refractivity contribution in [3.05, 3.63) is 59.7 Å². The minimum atomic E-state index is -0.796. The lowest BCUT2D eigenvalue weighted by molar-refractivity contribution is -0.125. The van der Waals surface area contributed by atoms with Gasteiger partial charge in [-0.15, -0.1) is 0 Å². The van der Waals surface area contributed by atoms with Gasteiger partial charge in [0, 0.05) is 17.5 Å². The average Bonchev–Trinajstić information content (AvgIpc) is 2.71. The lowest BCUT2D eigenvalue weighted by Crippen LogP contribution is -2.32. The minimum absolute atomic E-state index is 0.0525. The molecule has 2 aromatic rings. The van der Waals surface area contributed by atoms with Crippen molar-refractivity contribution in [1.29, 1.82) is 0 Å². The van der Waals surface area contributed by atoms with Crippen molar-refractivity contribution in [2.45, 2.75) is 39.0 Å². The fourth-order valence-electron chi connectivity index (χ4n) is 3.53. The molecule has 0 aliphatic heterocycles. The normalized spacial score (nSPS) is 19.1. The van der Waals surface area contributed by atoms with Crippen molar-refractivity contribution in [1.82, 2.24) is 0 Å². The zero-order valence-corrected chi connectivity index (χ0v) is 15.8. The zero-order chi connectivity index (χ0) is 20.1. The van der Waals surface area contributed by atoms with Crippen molar-refractivity contribution in [2.75, 3.05) is 10.6 Å². The van der Waals surface area contributed by atoms with Gasteiger partial charge in [0.1, 0.15) is 17.3 Å². The van der Waals surface area contributed by atoms with Crippen LogP contribution in [0.2, 0.25) is 0 Å². The monoisotopic (exact) mass is 386 g/mol. The molecule has 0 heterocycles. The average molecular weight is 386 g/mol. The quantitative estimate of drug-likeness (QED) is 0.767. The smallest absolute Gasteiger partial charge is 0.227 e. The molecule has 6 heteroatoms. The third-order valence-electron chi connectivity index (χ3n) is 5.31. The summed E-state index contributed by atoms with van der Waals surface area (Å²) in [5.41, 5.74) is 1.55. The van der Waals surface area contributed by atoms with Gasteiger partial charge in [-0.1, -0.05) is 25.1 Å². The van der Waals surface area contributed by atoms with Crippen molar-refractivity contribution in [3.8, 4) is 0 Å². The molecule has 28 heavy (non-hydrogen) atoms. The fraction of sp³-hybridized carbons (Fsp3) is 0.364. The Morgan fingerprint density at radius 3 is 1.86 bits per heavy atom. The summed E-state index contributed by atoms with van der Waals surface area (Å²) in [7, 11) is 0. The molecule has 148 valence electrons. The lowest BCUT2D eigenvalue weighted by atomic mass is 9.81. The highest BCUT2D eigenvalue weighted by atomic mass is 19.1. The molecule has 0 atom stereocenters. The molecule has 1 aliphatic rings. The highest BCUT2D eigenvalue weighted by Gasteiger charge is 2.30. The second kappa shape index (κ2) is 8.95. The third kappa shape index (κ3) is 4.74. The van der Waals surface area contributed by atoms with Crippen molar-refractivity contribution in [3.63, 3.8) is 0 Å². The van der Waals surface area contributed by atoms with Crippen molar-refractivity contribution in [2.24, 2.45) is 11.8 Å². The summed E-state index contributed by atoms with van der Waals surface area (Å²) in [6, 6.07) is 11.2. The molecular formula is C22H24F2N2O2. The molecular weight excluding hydrogens is 362 g/mol. The van der Waals surface area contributed by atoms with Gasteiger partial charge in [0.2, 0.25) is 11.8 Å². The summed E-state index contributed by atoms with van der Waals surface area (Å²) >= 11 is 0. The van der Waals surface area contributed by atoms with Gasteiger partial charge in [0.05, 0.1) is 0 Å². The van der Waals surface area contributed by atoms with E-state index in [1.807, 2.05) is 24.3 Å². The maximum atomic E-state index is 13.7. The molecule has 0 unspecified atom stereocenters. The number of para-hydroxylation sites is 1. The van der Waals surface area contributed by atoms with E-state index in [0.29, 0.717) is 25.7 Å². The summed E-state index contributed by atoms with van der Waals surface area (Å²) in [4.78, 5) is 24.8. The summed E-state index contributed by atoms with van der Waals surface area (Å²) in [6.45, 7) is 2.07. The van der Waals surface area contributed by atoms with Crippen LogP contribution >= 0.6 is 0 Å². The number of anilines is 2. The van der Waals surface area contributed by atoms with Crippen LogP contribution in [0.5, 0.6) is 0 Å². The Balaban J connectivity index is 1.52. The SMILES string of the molecule is CCc1ccc(NC(=O)C2CCC(C(=O)Nc3c(F)cccc3F)CC2)cc1. The fourth-order valence-corrected chi connectivity index (χ4v) is 3.53. The first-order valence-corrected chi connectivity index (χ1v) is 9.62. The van der Waals surface area contributed by atoms with E-state index in [1.54, 1.807) is 0 Å². The van der Waals surface area contributed by atoms with Crippen LogP contribution in [0.1, 0.15) is 38.2 Å². The van der Waals surface area contributed by atoms with E-state index >= 15 is 0 Å². The van der Waals surface area contributed by atoms with Gasteiger partial charge in [0.25, 0.3) is 0 Å². The molecule has 4 nitrogen and oxygen atoms in total. The van der Waals surface area contributed by atoms with Crippen LogP contribution in [0, 0.1) is 23.5 Å². The Hall–Kier alpha value is -2.76. The number of rotatable bonds is 5. The Morgan fingerprint density at radius 1 is 0.857 bits per heavy atom. The number of carbonyl (C=O) groups excluding carboxylic acids is 2. The van der Waals surface area contributed by atoms with Gasteiger partial charge >= 0.3 is 0 Å². The summed E-state index contributed by atoms with van der Waals surface area (Å²) in [5.74, 6) is -2.57. The molecule has 2 N–H and O–H groups in total. The highest BCUT2D eigenvalue weighted by molar-refractivity contribution is 5.94. The van der Waals surface area contributed by atoms with Crippen LogP contribution in [0.4, 0.5) is 20.2 Å². The van der Waals surface area contributed by atoms with E-state index in [9.17, 15) is 18.4 Å². The number of hydrogen-bond donors (Lipinski definition) is 2. The van der Waals surface area contributed by atoms with E-state index < -0.39 is 23.2 Å². The maximum absolute atomic E-state index is 13.7. The topological polar surface area (TPSA) is 58.2 Å². The Morgan fingerprint density at radius 2 is 1.36 bits per heavy atom. The van der Waals surface area contributed by atoms with Crippen LogP contribution < -0.4 is 10.6 Å². The van der Waals surface area contributed by atoms with Gasteiger partial charge in [-0.3, -0.25) is 9.59 Å². The number of hydrogen-bond acceptors (Lipinski definition) is 2. The predicted molar refractivity (Wildman–Crippen MR) is 105 cm³/mol. The first kappa shape index (κ1) is 20.0. The summed E-state index contributed by atoms with van der Waals surface area (Å²) < 4.78 is 27.4. The first-order valence-electron chi connectivity index (χ1n) is 9.62. The third-order valence-corrected chi connectivity index (χ3v) is 5.31. The zero-order valence-electron chi connectivity index (χ0n) is 15.8. The van der Waals surface area contributed by atoms with Gasteiger partial charge in [-0.25, -0.2) is 8.78 Å². The summed E-state index contributed by atoms with van der Waals surface area (Å²) in [6.07, 6.45) is 3.09. The summed E-state index contributed by atoms with van der Waals surface area (Å²) in [5, 5.41) is 5.28. The lowest BCUT2D eigenvalue weighted by Gasteiger charge is -2.27. The molecule has 0 spiro atoms. The van der Waals surface area contributed by atoms with Crippen LogP contribution in [0.3, 0.4) is 0 Å². The van der Waals surface area contributed by atoms with Gasteiger partial charge in [-0.05, 0) is 61.9 Å². The molecule has 2 aromatic carbocycles. The molecule has 0 radical (unpaired) electrons. The van der Waals surface area contributed by atoms with Gasteiger partial charge in [-0.2, -0.15) is 0 Å². The predicted octanol–water partition coefficient (Wildman–Crippen LogP) is 4.91. The number of amides is 2. The standard InChI is InChI=1S/C22H24F2N2O2/c1-2-14-6-12-17(13-7-14)25-21(27)15-8-10-16(11-9-15)22(28)26-20-18(23)4-3-5-19(20)24/h3-7,12-13,15-16H,2,8-11H2,1H3,(H,25,27)(H,26,28). The van der Waals surface area contributed by atoms with E-state index in [-0.39, 0.29) is 17.7 Å². The van der Waals surface area contributed by atoms with E-state index in [2.05, 4.69) is 17.6 Å². The van der Waals surface area contributed by atoms with Gasteiger partial charge in [0.15, 0.2) is 0 Å². The molecule has 1 saturated carbocycles. The van der Waals surface area contributed by atoms with Crippen LogP contribution in [0.15, 0.2) is 42.5 Å².